The van der Waals surface area contributed by atoms with Crippen molar-refractivity contribution >= 4 is 17.5 Å². The summed E-state index contributed by atoms with van der Waals surface area (Å²) >= 11 is 0. The van der Waals surface area contributed by atoms with Crippen LogP contribution in [-0.2, 0) is 11.4 Å². The van der Waals surface area contributed by atoms with Crippen LogP contribution >= 0.6 is 0 Å². The zero-order valence-corrected chi connectivity index (χ0v) is 14.9. The SMILES string of the molecule is O=C(CNC(=O)c1ccc(F)cc1)Nc1cccc(OCc2ccccn2)c1. The smallest absolute Gasteiger partial charge is 0.251 e. The number of hydrogen-bond donors (Lipinski definition) is 2. The van der Waals surface area contributed by atoms with Crippen molar-refractivity contribution in [1.82, 2.24) is 10.3 Å². The fourth-order valence-corrected chi connectivity index (χ4v) is 2.37. The van der Waals surface area contributed by atoms with Crippen LogP contribution in [0.2, 0.25) is 0 Å². The molecule has 28 heavy (non-hydrogen) atoms. The first kappa shape index (κ1) is 19.0. The van der Waals surface area contributed by atoms with Gasteiger partial charge >= 0.3 is 0 Å². The van der Waals surface area contributed by atoms with E-state index in [0.29, 0.717) is 18.0 Å². The fraction of sp³-hybridized carbons (Fsp3) is 0.0952. The number of benzene rings is 2. The quantitative estimate of drug-likeness (QED) is 0.661. The average Bonchev–Trinajstić information content (AvgIpc) is 2.72. The van der Waals surface area contributed by atoms with Crippen LogP contribution in [-0.4, -0.2) is 23.3 Å². The van der Waals surface area contributed by atoms with Gasteiger partial charge in [0.05, 0.1) is 12.2 Å². The summed E-state index contributed by atoms with van der Waals surface area (Å²) in [7, 11) is 0. The number of nitrogens with one attached hydrogen (secondary N) is 2. The van der Waals surface area contributed by atoms with E-state index in [-0.39, 0.29) is 12.1 Å². The van der Waals surface area contributed by atoms with Gasteiger partial charge in [0.2, 0.25) is 5.91 Å². The molecule has 0 bridgehead atoms. The van der Waals surface area contributed by atoms with Gasteiger partial charge in [0.25, 0.3) is 5.91 Å². The number of hydrogen-bond acceptors (Lipinski definition) is 4. The maximum atomic E-state index is 12.9. The zero-order valence-electron chi connectivity index (χ0n) is 14.9. The number of aromatic nitrogens is 1. The Bertz CT molecular complexity index is 947. The molecule has 7 heteroatoms. The first-order valence-corrected chi connectivity index (χ1v) is 8.56. The van der Waals surface area contributed by atoms with Crippen molar-refractivity contribution in [2.24, 2.45) is 0 Å². The van der Waals surface area contributed by atoms with Crippen molar-refractivity contribution in [2.75, 3.05) is 11.9 Å². The minimum atomic E-state index is -0.456. The lowest BCUT2D eigenvalue weighted by atomic mass is 10.2. The summed E-state index contributed by atoms with van der Waals surface area (Å²) in [5.74, 6) is -0.696. The molecule has 0 aliphatic rings. The molecule has 0 aliphatic carbocycles. The highest BCUT2D eigenvalue weighted by molar-refractivity contribution is 5.99. The molecule has 0 spiro atoms. The number of nitrogens with zero attached hydrogens (tertiary/aromatic N) is 1. The lowest BCUT2D eigenvalue weighted by molar-refractivity contribution is -0.115. The average molecular weight is 379 g/mol. The first-order chi connectivity index (χ1) is 13.6. The van der Waals surface area contributed by atoms with E-state index in [9.17, 15) is 14.0 Å². The topological polar surface area (TPSA) is 80.3 Å². The van der Waals surface area contributed by atoms with Crippen molar-refractivity contribution in [2.45, 2.75) is 6.61 Å². The monoisotopic (exact) mass is 379 g/mol. The minimum Gasteiger partial charge on any atom is -0.487 e. The number of carbonyl (C=O) groups excluding carboxylic acids is 2. The second-order valence-corrected chi connectivity index (χ2v) is 5.88. The van der Waals surface area contributed by atoms with E-state index in [1.165, 1.54) is 24.3 Å². The van der Waals surface area contributed by atoms with Crippen LogP contribution in [0.5, 0.6) is 5.75 Å². The normalized spacial score (nSPS) is 10.2. The summed E-state index contributed by atoms with van der Waals surface area (Å²) in [5, 5.41) is 5.17. The Morgan fingerprint density at radius 1 is 1.00 bits per heavy atom. The highest BCUT2D eigenvalue weighted by Crippen LogP contribution is 2.18. The lowest BCUT2D eigenvalue weighted by Gasteiger charge is -2.10. The largest absolute Gasteiger partial charge is 0.487 e. The summed E-state index contributed by atoms with van der Waals surface area (Å²) in [5.41, 5.74) is 1.61. The van der Waals surface area contributed by atoms with Crippen molar-refractivity contribution in [1.29, 1.82) is 0 Å². The van der Waals surface area contributed by atoms with Crippen LogP contribution in [0.25, 0.3) is 0 Å². The van der Waals surface area contributed by atoms with Crippen LogP contribution < -0.4 is 15.4 Å². The first-order valence-electron chi connectivity index (χ1n) is 8.56. The number of halogens is 1. The molecule has 2 N–H and O–H groups in total. The Morgan fingerprint density at radius 3 is 2.57 bits per heavy atom. The van der Waals surface area contributed by atoms with E-state index >= 15 is 0 Å². The van der Waals surface area contributed by atoms with Gasteiger partial charge in [-0.15, -0.1) is 0 Å². The highest BCUT2D eigenvalue weighted by Gasteiger charge is 2.09. The molecule has 3 rings (SSSR count). The lowest BCUT2D eigenvalue weighted by Crippen LogP contribution is -2.32. The van der Waals surface area contributed by atoms with E-state index in [2.05, 4.69) is 15.6 Å². The summed E-state index contributed by atoms with van der Waals surface area (Å²) in [6.45, 7) is 0.0984. The molecular weight excluding hydrogens is 361 g/mol. The molecule has 0 saturated carbocycles. The molecule has 1 heterocycles. The molecule has 0 atom stereocenters. The second kappa shape index (κ2) is 9.27. The Morgan fingerprint density at radius 2 is 1.82 bits per heavy atom. The van der Waals surface area contributed by atoms with Gasteiger partial charge in [-0.2, -0.15) is 0 Å². The van der Waals surface area contributed by atoms with Gasteiger partial charge < -0.3 is 15.4 Å². The van der Waals surface area contributed by atoms with E-state index in [0.717, 1.165) is 5.69 Å². The third-order valence-electron chi connectivity index (χ3n) is 3.75. The molecule has 3 aromatic rings. The van der Waals surface area contributed by atoms with E-state index in [1.807, 2.05) is 18.2 Å². The minimum absolute atomic E-state index is 0.213. The number of pyridine rings is 1. The third-order valence-corrected chi connectivity index (χ3v) is 3.75. The fourth-order valence-electron chi connectivity index (χ4n) is 2.37. The molecule has 0 unspecified atom stereocenters. The van der Waals surface area contributed by atoms with Crippen LogP contribution in [0.3, 0.4) is 0 Å². The van der Waals surface area contributed by atoms with E-state index < -0.39 is 17.6 Å². The Balaban J connectivity index is 1.49. The van der Waals surface area contributed by atoms with Crippen molar-refractivity contribution in [3.05, 3.63) is 90.0 Å². The highest BCUT2D eigenvalue weighted by atomic mass is 19.1. The van der Waals surface area contributed by atoms with Crippen LogP contribution in [0.4, 0.5) is 10.1 Å². The molecule has 1 aromatic heterocycles. The molecule has 2 aromatic carbocycles. The van der Waals surface area contributed by atoms with Gasteiger partial charge in [-0.1, -0.05) is 12.1 Å². The van der Waals surface area contributed by atoms with Crippen molar-refractivity contribution in [3.63, 3.8) is 0 Å². The number of carbonyl (C=O) groups is 2. The molecule has 0 aliphatic heterocycles. The van der Waals surface area contributed by atoms with Crippen molar-refractivity contribution < 1.29 is 18.7 Å². The summed E-state index contributed by atoms with van der Waals surface area (Å²) in [6.07, 6.45) is 1.69. The van der Waals surface area contributed by atoms with Gasteiger partial charge in [-0.25, -0.2) is 4.39 Å². The molecular formula is C21H18FN3O3. The number of anilines is 1. The maximum Gasteiger partial charge on any atom is 0.251 e. The zero-order chi connectivity index (χ0) is 19.8. The number of rotatable bonds is 7. The van der Waals surface area contributed by atoms with Gasteiger partial charge in [0.1, 0.15) is 18.2 Å². The van der Waals surface area contributed by atoms with Crippen LogP contribution in [0.1, 0.15) is 16.1 Å². The molecule has 0 fully saturated rings. The standard InChI is InChI=1S/C21H18FN3O3/c22-16-9-7-15(8-10-16)21(27)24-13-20(26)25-17-5-3-6-19(12-17)28-14-18-4-1-2-11-23-18/h1-12H,13-14H2,(H,24,27)(H,25,26). The van der Waals surface area contributed by atoms with Crippen LogP contribution in [0, 0.1) is 5.82 Å². The summed E-state index contributed by atoms with van der Waals surface area (Å²) in [6, 6.07) is 17.6. The summed E-state index contributed by atoms with van der Waals surface area (Å²) < 4.78 is 18.5. The van der Waals surface area contributed by atoms with E-state index in [1.54, 1.807) is 30.5 Å². The molecule has 0 saturated heterocycles. The van der Waals surface area contributed by atoms with Gasteiger partial charge in [-0.05, 0) is 48.5 Å². The molecule has 0 radical (unpaired) electrons. The van der Waals surface area contributed by atoms with Gasteiger partial charge in [-0.3, -0.25) is 14.6 Å². The van der Waals surface area contributed by atoms with Gasteiger partial charge in [0, 0.05) is 23.5 Å². The maximum absolute atomic E-state index is 12.9. The Kier molecular flexibility index (Phi) is 6.30. The second-order valence-electron chi connectivity index (χ2n) is 5.88. The Hall–Kier alpha value is -3.74. The molecule has 2 amide bonds. The predicted molar refractivity (Wildman–Crippen MR) is 102 cm³/mol. The predicted octanol–water partition coefficient (Wildman–Crippen LogP) is 3.17. The van der Waals surface area contributed by atoms with Crippen LogP contribution in [0.15, 0.2) is 72.9 Å². The molecule has 142 valence electrons. The van der Waals surface area contributed by atoms with Crippen molar-refractivity contribution in [3.8, 4) is 5.75 Å². The Labute approximate surface area is 161 Å². The number of amides is 2. The van der Waals surface area contributed by atoms with E-state index in [4.69, 9.17) is 4.74 Å². The number of ether oxygens (including phenoxy) is 1. The molecule has 6 nitrogen and oxygen atoms in total. The van der Waals surface area contributed by atoms with Gasteiger partial charge in [0.15, 0.2) is 0 Å². The third kappa shape index (κ3) is 5.63. The summed E-state index contributed by atoms with van der Waals surface area (Å²) in [4.78, 5) is 28.2.